The fourth-order valence-corrected chi connectivity index (χ4v) is 2.95. The molecule has 0 saturated heterocycles. The van der Waals surface area contributed by atoms with Gasteiger partial charge in [-0.3, -0.25) is 4.99 Å². The molecule has 0 spiro atoms. The number of rotatable bonds is 5. The van der Waals surface area contributed by atoms with Crippen LogP contribution < -0.4 is 10.5 Å². The van der Waals surface area contributed by atoms with E-state index in [1.54, 1.807) is 0 Å². The van der Waals surface area contributed by atoms with Crippen molar-refractivity contribution >= 4 is 5.84 Å². The van der Waals surface area contributed by atoms with Gasteiger partial charge in [0, 0.05) is 30.8 Å². The van der Waals surface area contributed by atoms with Gasteiger partial charge < -0.3 is 19.9 Å². The van der Waals surface area contributed by atoms with Crippen molar-refractivity contribution in [3.8, 4) is 22.8 Å². The molecule has 1 aromatic heterocycles. The molecule has 0 bridgehead atoms. The Morgan fingerprint density at radius 2 is 2.00 bits per heavy atom. The Kier molecular flexibility index (Phi) is 4.41. The van der Waals surface area contributed by atoms with Crippen LogP contribution in [0.15, 0.2) is 64.1 Å². The van der Waals surface area contributed by atoms with Crippen LogP contribution in [0.25, 0.3) is 11.3 Å². The fraction of sp³-hybridized carbons (Fsp3) is 0.200. The van der Waals surface area contributed by atoms with Crippen LogP contribution in [0.3, 0.4) is 0 Å². The second kappa shape index (κ2) is 7.01. The molecule has 0 unspecified atom stereocenters. The zero-order chi connectivity index (χ0) is 17.9. The molecule has 0 amide bonds. The van der Waals surface area contributed by atoms with Gasteiger partial charge in [0.15, 0.2) is 5.76 Å². The minimum Gasteiger partial charge on any atom is -0.457 e. The predicted molar refractivity (Wildman–Crippen MR) is 100 cm³/mol. The van der Waals surface area contributed by atoms with E-state index in [9.17, 15) is 0 Å². The fourth-order valence-electron chi connectivity index (χ4n) is 2.95. The summed E-state index contributed by atoms with van der Waals surface area (Å²) in [5.74, 6) is 3.07. The molecule has 0 aliphatic carbocycles. The number of nitrogens with zero attached hydrogens (tertiary/aromatic N) is 3. The standard InChI is InChI=1S/C20H20N4O2/c1-24-10-9-22-20(24)14-7-8-17(18-12-16(13-21)26-23-18)19(11-14)25-15-5-3-2-4-6-15/h2-8,11-12H,9-10,13,21H2,1H3. The Bertz CT molecular complexity index is 934. The van der Waals surface area contributed by atoms with Gasteiger partial charge in [-0.1, -0.05) is 29.4 Å². The number of likely N-dealkylation sites (N-methyl/N-ethyl adjacent to an activating group) is 1. The Morgan fingerprint density at radius 3 is 2.69 bits per heavy atom. The van der Waals surface area contributed by atoms with Gasteiger partial charge in [0.25, 0.3) is 0 Å². The third-order valence-electron chi connectivity index (χ3n) is 4.31. The molecular weight excluding hydrogens is 328 g/mol. The molecule has 6 nitrogen and oxygen atoms in total. The molecule has 4 rings (SSSR count). The molecule has 0 atom stereocenters. The van der Waals surface area contributed by atoms with E-state index in [4.69, 9.17) is 15.0 Å². The highest BCUT2D eigenvalue weighted by molar-refractivity contribution is 6.00. The van der Waals surface area contributed by atoms with Crippen molar-refractivity contribution in [3.63, 3.8) is 0 Å². The summed E-state index contributed by atoms with van der Waals surface area (Å²) in [4.78, 5) is 6.73. The summed E-state index contributed by atoms with van der Waals surface area (Å²) in [6.07, 6.45) is 0. The molecule has 2 aromatic carbocycles. The smallest absolute Gasteiger partial charge is 0.150 e. The Hall–Kier alpha value is -3.12. The van der Waals surface area contributed by atoms with Crippen LogP contribution >= 0.6 is 0 Å². The number of para-hydroxylation sites is 1. The number of aliphatic imine (C=N–C) groups is 1. The van der Waals surface area contributed by atoms with Crippen molar-refractivity contribution in [1.82, 2.24) is 10.1 Å². The number of hydrogen-bond acceptors (Lipinski definition) is 6. The van der Waals surface area contributed by atoms with E-state index in [0.29, 0.717) is 23.7 Å². The van der Waals surface area contributed by atoms with Crippen LogP contribution in [0.4, 0.5) is 0 Å². The van der Waals surface area contributed by atoms with Crippen LogP contribution in [0.1, 0.15) is 11.3 Å². The summed E-state index contributed by atoms with van der Waals surface area (Å²) in [6, 6.07) is 17.5. The third kappa shape index (κ3) is 3.19. The van der Waals surface area contributed by atoms with Crippen molar-refractivity contribution in [2.24, 2.45) is 10.7 Å². The van der Waals surface area contributed by atoms with Gasteiger partial charge in [-0.25, -0.2) is 0 Å². The minimum atomic E-state index is 0.307. The summed E-state index contributed by atoms with van der Waals surface area (Å²) in [7, 11) is 2.04. The molecular formula is C20H20N4O2. The molecule has 0 radical (unpaired) electrons. The first-order valence-electron chi connectivity index (χ1n) is 8.53. The van der Waals surface area contributed by atoms with Crippen molar-refractivity contribution in [1.29, 1.82) is 0 Å². The maximum Gasteiger partial charge on any atom is 0.150 e. The van der Waals surface area contributed by atoms with Gasteiger partial charge in [-0.15, -0.1) is 0 Å². The number of aromatic nitrogens is 1. The van der Waals surface area contributed by atoms with E-state index < -0.39 is 0 Å². The topological polar surface area (TPSA) is 76.9 Å². The van der Waals surface area contributed by atoms with Crippen molar-refractivity contribution < 1.29 is 9.26 Å². The van der Waals surface area contributed by atoms with E-state index in [1.807, 2.05) is 61.6 Å². The third-order valence-corrected chi connectivity index (χ3v) is 4.31. The first-order chi connectivity index (χ1) is 12.7. The Morgan fingerprint density at radius 1 is 1.15 bits per heavy atom. The Labute approximate surface area is 151 Å². The Balaban J connectivity index is 1.77. The van der Waals surface area contributed by atoms with E-state index in [2.05, 4.69) is 15.0 Å². The van der Waals surface area contributed by atoms with E-state index in [0.717, 1.165) is 35.8 Å². The molecule has 2 N–H and O–H groups in total. The zero-order valence-corrected chi connectivity index (χ0v) is 14.6. The van der Waals surface area contributed by atoms with Gasteiger partial charge in [0.1, 0.15) is 23.0 Å². The number of nitrogens with two attached hydrogens (primary N) is 1. The number of hydrogen-bond donors (Lipinski definition) is 1. The molecule has 132 valence electrons. The highest BCUT2D eigenvalue weighted by atomic mass is 16.5. The lowest BCUT2D eigenvalue weighted by atomic mass is 10.1. The van der Waals surface area contributed by atoms with Crippen molar-refractivity contribution in [2.45, 2.75) is 6.54 Å². The molecule has 26 heavy (non-hydrogen) atoms. The molecule has 1 aliphatic heterocycles. The average molecular weight is 348 g/mol. The van der Waals surface area contributed by atoms with Crippen LogP contribution in [0.5, 0.6) is 11.5 Å². The van der Waals surface area contributed by atoms with Gasteiger partial charge >= 0.3 is 0 Å². The second-order valence-corrected chi connectivity index (χ2v) is 6.14. The summed E-state index contributed by atoms with van der Waals surface area (Å²) >= 11 is 0. The summed E-state index contributed by atoms with van der Waals surface area (Å²) in [5.41, 5.74) is 8.20. The van der Waals surface area contributed by atoms with Gasteiger partial charge in [0.05, 0.1) is 13.1 Å². The quantitative estimate of drug-likeness (QED) is 0.766. The molecule has 2 heterocycles. The van der Waals surface area contributed by atoms with Crippen LogP contribution in [0, 0.1) is 0 Å². The van der Waals surface area contributed by atoms with Gasteiger partial charge in [-0.05, 0) is 24.3 Å². The maximum absolute atomic E-state index is 6.16. The van der Waals surface area contributed by atoms with Crippen molar-refractivity contribution in [3.05, 3.63) is 65.9 Å². The summed E-state index contributed by atoms with van der Waals surface area (Å²) < 4.78 is 11.4. The predicted octanol–water partition coefficient (Wildman–Crippen LogP) is 3.28. The van der Waals surface area contributed by atoms with Gasteiger partial charge in [0.2, 0.25) is 0 Å². The largest absolute Gasteiger partial charge is 0.457 e. The maximum atomic E-state index is 6.16. The zero-order valence-electron chi connectivity index (χ0n) is 14.6. The van der Waals surface area contributed by atoms with Crippen molar-refractivity contribution in [2.75, 3.05) is 20.1 Å². The normalized spacial score (nSPS) is 13.8. The van der Waals surface area contributed by atoms with Crippen LogP contribution in [-0.4, -0.2) is 36.0 Å². The highest BCUT2D eigenvalue weighted by Crippen LogP contribution is 2.34. The van der Waals surface area contributed by atoms with E-state index >= 15 is 0 Å². The summed E-state index contributed by atoms with van der Waals surface area (Å²) in [5, 5.41) is 4.13. The summed E-state index contributed by atoms with van der Waals surface area (Å²) in [6.45, 7) is 2.04. The lowest BCUT2D eigenvalue weighted by Gasteiger charge is -2.16. The lowest BCUT2D eigenvalue weighted by Crippen LogP contribution is -2.23. The minimum absolute atomic E-state index is 0.307. The lowest BCUT2D eigenvalue weighted by molar-refractivity contribution is 0.386. The monoisotopic (exact) mass is 348 g/mol. The molecule has 6 heteroatoms. The molecule has 1 aliphatic rings. The first kappa shape index (κ1) is 16.4. The van der Waals surface area contributed by atoms with Crippen LogP contribution in [0.2, 0.25) is 0 Å². The van der Waals surface area contributed by atoms with E-state index in [1.165, 1.54) is 0 Å². The van der Waals surface area contributed by atoms with E-state index in [-0.39, 0.29) is 0 Å². The van der Waals surface area contributed by atoms with Crippen LogP contribution in [-0.2, 0) is 6.54 Å². The molecule has 3 aromatic rings. The molecule has 0 fully saturated rings. The first-order valence-corrected chi connectivity index (χ1v) is 8.53. The average Bonchev–Trinajstić information content (AvgIpc) is 3.31. The number of benzene rings is 2. The second-order valence-electron chi connectivity index (χ2n) is 6.14. The highest BCUT2D eigenvalue weighted by Gasteiger charge is 2.19. The number of ether oxygens (including phenoxy) is 1. The SMILES string of the molecule is CN1CCN=C1c1ccc(-c2cc(CN)on2)c(Oc2ccccc2)c1. The molecule has 0 saturated carbocycles. The van der Waals surface area contributed by atoms with Gasteiger partial charge in [-0.2, -0.15) is 0 Å². The number of amidine groups is 1.